The maximum atomic E-state index is 13.4. The number of halogens is 1. The van der Waals surface area contributed by atoms with Gasteiger partial charge in [0.05, 0.1) is 12.2 Å². The molecule has 0 radical (unpaired) electrons. The monoisotopic (exact) mass is 494 g/mol. The van der Waals surface area contributed by atoms with Gasteiger partial charge in [-0.1, -0.05) is 30.3 Å². The fourth-order valence-electron chi connectivity index (χ4n) is 3.61. The van der Waals surface area contributed by atoms with Crippen LogP contribution in [-0.2, 0) is 16.1 Å². The highest BCUT2D eigenvalue weighted by atomic mass is 19.1. The maximum Gasteiger partial charge on any atom is 0.416 e. The van der Waals surface area contributed by atoms with Crippen LogP contribution in [0.15, 0.2) is 72.8 Å². The Labute approximate surface area is 206 Å². The number of nitrogens with zero attached hydrogens (tertiary/aromatic N) is 2. The van der Waals surface area contributed by atoms with Gasteiger partial charge in [0.15, 0.2) is 6.61 Å². The van der Waals surface area contributed by atoms with E-state index in [0.29, 0.717) is 29.3 Å². The Morgan fingerprint density at radius 2 is 1.81 bits per heavy atom. The molecule has 0 aromatic heterocycles. The number of anilines is 1. The van der Waals surface area contributed by atoms with E-state index >= 15 is 0 Å². The first kappa shape index (κ1) is 24.5. The molecule has 0 spiro atoms. The number of carbonyl (C=O) groups excluding carboxylic acids is 2. The normalized spacial score (nSPS) is 12.4. The van der Waals surface area contributed by atoms with Gasteiger partial charge in [-0.2, -0.15) is 0 Å². The van der Waals surface area contributed by atoms with E-state index in [0.717, 1.165) is 11.0 Å². The average molecular weight is 494 g/mol. The van der Waals surface area contributed by atoms with Crippen molar-refractivity contribution in [2.75, 3.05) is 31.2 Å². The predicted molar refractivity (Wildman–Crippen MR) is 127 cm³/mol. The molecular formula is C26H23FN2O7. The summed E-state index contributed by atoms with van der Waals surface area (Å²) in [4.78, 5) is 38.6. The lowest BCUT2D eigenvalue weighted by Crippen LogP contribution is -2.41. The zero-order valence-electron chi connectivity index (χ0n) is 19.1. The number of hydrogen-bond acceptors (Lipinski definition) is 6. The van der Waals surface area contributed by atoms with Gasteiger partial charge in [-0.25, -0.2) is 9.18 Å². The fourth-order valence-corrected chi connectivity index (χ4v) is 3.61. The highest BCUT2D eigenvalue weighted by Crippen LogP contribution is 2.31. The van der Waals surface area contributed by atoms with Crippen LogP contribution in [0, 0.1) is 5.82 Å². The molecule has 186 valence electrons. The van der Waals surface area contributed by atoms with Crippen molar-refractivity contribution in [2.24, 2.45) is 0 Å². The third-order valence-corrected chi connectivity index (χ3v) is 5.27. The molecule has 0 bridgehead atoms. The second-order valence-corrected chi connectivity index (χ2v) is 7.87. The van der Waals surface area contributed by atoms with Crippen LogP contribution in [0.25, 0.3) is 0 Å². The third kappa shape index (κ3) is 6.29. The number of aliphatic carboxylic acids is 1. The van der Waals surface area contributed by atoms with E-state index in [4.69, 9.17) is 14.2 Å². The van der Waals surface area contributed by atoms with E-state index < -0.39 is 24.4 Å². The third-order valence-electron chi connectivity index (χ3n) is 5.27. The van der Waals surface area contributed by atoms with Gasteiger partial charge < -0.3 is 24.2 Å². The van der Waals surface area contributed by atoms with Crippen molar-refractivity contribution in [3.8, 4) is 17.2 Å². The quantitative estimate of drug-likeness (QED) is 0.483. The fraction of sp³-hybridized carbons (Fsp3) is 0.192. The van der Waals surface area contributed by atoms with Crippen molar-refractivity contribution in [3.63, 3.8) is 0 Å². The Hall–Kier alpha value is -4.60. The summed E-state index contributed by atoms with van der Waals surface area (Å²) in [7, 11) is 0. The zero-order valence-corrected chi connectivity index (χ0v) is 19.1. The van der Waals surface area contributed by atoms with Crippen molar-refractivity contribution in [1.29, 1.82) is 0 Å². The summed E-state index contributed by atoms with van der Waals surface area (Å²) < 4.78 is 29.7. The largest absolute Gasteiger partial charge is 0.492 e. The van der Waals surface area contributed by atoms with Crippen molar-refractivity contribution in [3.05, 3.63) is 84.2 Å². The van der Waals surface area contributed by atoms with Crippen LogP contribution < -0.4 is 19.1 Å². The van der Waals surface area contributed by atoms with Crippen molar-refractivity contribution >= 4 is 23.7 Å². The Morgan fingerprint density at radius 1 is 1.03 bits per heavy atom. The summed E-state index contributed by atoms with van der Waals surface area (Å²) in [6.45, 7) is -0.0920. The van der Waals surface area contributed by atoms with Crippen molar-refractivity contribution < 1.29 is 38.1 Å². The van der Waals surface area contributed by atoms with Gasteiger partial charge in [0, 0.05) is 12.6 Å². The zero-order chi connectivity index (χ0) is 25.5. The molecule has 3 aromatic rings. The van der Waals surface area contributed by atoms with Crippen LogP contribution in [0.5, 0.6) is 17.2 Å². The second-order valence-electron chi connectivity index (χ2n) is 7.87. The number of carbonyl (C=O) groups is 3. The Kier molecular flexibility index (Phi) is 7.64. The van der Waals surface area contributed by atoms with Crippen LogP contribution in [0.3, 0.4) is 0 Å². The van der Waals surface area contributed by atoms with Gasteiger partial charge in [-0.15, -0.1) is 0 Å². The SMILES string of the molecule is O=C(O)CN(Cc1ccc(OCCN2C(=O)COc3ccccc32)cc1)C(=O)Oc1cccc(F)c1. The molecule has 0 unspecified atom stereocenters. The molecule has 3 aromatic carbocycles. The van der Waals surface area contributed by atoms with Crippen LogP contribution in [0.2, 0.25) is 0 Å². The van der Waals surface area contributed by atoms with Crippen LogP contribution in [0.4, 0.5) is 14.9 Å². The van der Waals surface area contributed by atoms with E-state index in [2.05, 4.69) is 0 Å². The van der Waals surface area contributed by atoms with Crippen molar-refractivity contribution in [1.82, 2.24) is 4.90 Å². The first-order valence-electron chi connectivity index (χ1n) is 11.1. The van der Waals surface area contributed by atoms with E-state index in [1.807, 2.05) is 18.2 Å². The van der Waals surface area contributed by atoms with E-state index in [1.54, 1.807) is 35.2 Å². The topological polar surface area (TPSA) is 106 Å². The predicted octanol–water partition coefficient (Wildman–Crippen LogP) is 3.72. The average Bonchev–Trinajstić information content (AvgIpc) is 2.85. The van der Waals surface area contributed by atoms with Gasteiger partial charge in [-0.05, 0) is 42.0 Å². The van der Waals surface area contributed by atoms with Crippen molar-refractivity contribution in [2.45, 2.75) is 6.54 Å². The number of rotatable bonds is 9. The van der Waals surface area contributed by atoms with Gasteiger partial charge in [0.25, 0.3) is 5.91 Å². The molecule has 1 aliphatic rings. The number of para-hydroxylation sites is 2. The Bertz CT molecular complexity index is 1250. The summed E-state index contributed by atoms with van der Waals surface area (Å²) in [5, 5.41) is 9.18. The number of carboxylic acid groups (broad SMARTS) is 1. The van der Waals surface area contributed by atoms with Gasteiger partial charge >= 0.3 is 12.1 Å². The second kappa shape index (κ2) is 11.2. The molecule has 2 amide bonds. The summed E-state index contributed by atoms with van der Waals surface area (Å²) in [6, 6.07) is 19.0. The number of amides is 2. The number of ether oxygens (including phenoxy) is 3. The van der Waals surface area contributed by atoms with E-state index in [1.165, 1.54) is 18.2 Å². The summed E-state index contributed by atoms with van der Waals surface area (Å²) in [5.74, 6) is -0.798. The van der Waals surface area contributed by atoms with Gasteiger partial charge in [-0.3, -0.25) is 14.5 Å². The standard InChI is InChI=1S/C26H23FN2O7/c27-19-4-3-5-21(14-19)36-26(33)28(16-25(31)32)15-18-8-10-20(11-9-18)34-13-12-29-22-6-1-2-7-23(22)35-17-24(29)30/h1-11,14H,12-13,15-17H2,(H,31,32). The highest BCUT2D eigenvalue weighted by Gasteiger charge is 2.25. The first-order valence-corrected chi connectivity index (χ1v) is 11.1. The summed E-state index contributed by atoms with van der Waals surface area (Å²) in [5.41, 5.74) is 1.33. The minimum Gasteiger partial charge on any atom is -0.492 e. The molecule has 0 saturated heterocycles. The lowest BCUT2D eigenvalue weighted by Gasteiger charge is -2.29. The molecule has 36 heavy (non-hydrogen) atoms. The van der Waals surface area contributed by atoms with E-state index in [-0.39, 0.29) is 31.4 Å². The molecule has 0 saturated carbocycles. The smallest absolute Gasteiger partial charge is 0.416 e. The van der Waals surface area contributed by atoms with Crippen LogP contribution >= 0.6 is 0 Å². The molecule has 1 aliphatic heterocycles. The Balaban J connectivity index is 1.34. The number of fused-ring (bicyclic) bond motifs is 1. The molecule has 9 nitrogen and oxygen atoms in total. The maximum absolute atomic E-state index is 13.4. The molecule has 4 rings (SSSR count). The molecule has 10 heteroatoms. The molecule has 1 N–H and O–H groups in total. The van der Waals surface area contributed by atoms with Gasteiger partial charge in [0.1, 0.15) is 36.2 Å². The van der Waals surface area contributed by atoms with Crippen LogP contribution in [0.1, 0.15) is 5.56 Å². The molecule has 0 aliphatic carbocycles. The molecule has 0 fully saturated rings. The lowest BCUT2D eigenvalue weighted by atomic mass is 10.2. The summed E-state index contributed by atoms with van der Waals surface area (Å²) >= 11 is 0. The first-order chi connectivity index (χ1) is 17.4. The van der Waals surface area contributed by atoms with Crippen LogP contribution in [-0.4, -0.2) is 54.3 Å². The Morgan fingerprint density at radius 3 is 2.56 bits per heavy atom. The van der Waals surface area contributed by atoms with E-state index in [9.17, 15) is 23.9 Å². The highest BCUT2D eigenvalue weighted by molar-refractivity contribution is 5.97. The number of benzene rings is 3. The van der Waals surface area contributed by atoms with Gasteiger partial charge in [0.2, 0.25) is 0 Å². The molecule has 0 atom stereocenters. The number of hydrogen-bond donors (Lipinski definition) is 1. The summed E-state index contributed by atoms with van der Waals surface area (Å²) in [6.07, 6.45) is -0.918. The minimum absolute atomic E-state index is 0.0273. The minimum atomic E-state index is -1.22. The number of carboxylic acids is 1. The molecule has 1 heterocycles. The lowest BCUT2D eigenvalue weighted by molar-refractivity contribution is -0.138. The molecular weight excluding hydrogens is 471 g/mol.